The summed E-state index contributed by atoms with van der Waals surface area (Å²) >= 11 is 1.47. The fraction of sp³-hybridized carbons (Fsp3) is 0.818. The molecule has 0 saturated carbocycles. The van der Waals surface area contributed by atoms with Gasteiger partial charge in [-0.25, -0.2) is 4.98 Å². The highest BCUT2D eigenvalue weighted by Crippen LogP contribution is 2.11. The number of hydrogen-bond donors (Lipinski definition) is 1. The van der Waals surface area contributed by atoms with Crippen LogP contribution in [-0.2, 0) is 6.42 Å². The molecule has 0 aliphatic heterocycles. The van der Waals surface area contributed by atoms with Crippen molar-refractivity contribution in [3.8, 4) is 0 Å². The van der Waals surface area contributed by atoms with E-state index in [0.717, 1.165) is 36.9 Å². The molecule has 0 amide bonds. The van der Waals surface area contributed by atoms with Crippen LogP contribution in [0, 0.1) is 0 Å². The average Bonchev–Trinajstić information content (AvgIpc) is 2.65. The van der Waals surface area contributed by atoms with E-state index in [1.165, 1.54) is 24.4 Å². The van der Waals surface area contributed by atoms with Gasteiger partial charge in [-0.15, -0.1) is 0 Å². The molecule has 0 aliphatic carbocycles. The van der Waals surface area contributed by atoms with Gasteiger partial charge in [-0.3, -0.25) is 0 Å². The van der Waals surface area contributed by atoms with Crippen molar-refractivity contribution in [2.45, 2.75) is 32.6 Å². The highest BCUT2D eigenvalue weighted by atomic mass is 32.1. The number of rotatable bonds is 8. The second-order valence-electron chi connectivity index (χ2n) is 4.20. The number of aromatic nitrogens is 2. The second-order valence-corrected chi connectivity index (χ2v) is 4.95. The van der Waals surface area contributed by atoms with E-state index in [1.54, 1.807) is 0 Å². The summed E-state index contributed by atoms with van der Waals surface area (Å²) in [6.45, 7) is 4.29. The van der Waals surface area contributed by atoms with Gasteiger partial charge in [0.15, 0.2) is 0 Å². The molecule has 0 atom stereocenters. The van der Waals surface area contributed by atoms with Crippen LogP contribution in [0.3, 0.4) is 0 Å². The van der Waals surface area contributed by atoms with Gasteiger partial charge in [-0.05, 0) is 39.9 Å². The van der Waals surface area contributed by atoms with Crippen LogP contribution < -0.4 is 5.32 Å². The summed E-state index contributed by atoms with van der Waals surface area (Å²) in [4.78, 5) is 6.63. The maximum absolute atomic E-state index is 4.42. The van der Waals surface area contributed by atoms with Crippen molar-refractivity contribution in [1.82, 2.24) is 14.3 Å². The van der Waals surface area contributed by atoms with E-state index in [0.29, 0.717) is 0 Å². The highest BCUT2D eigenvalue weighted by molar-refractivity contribution is 7.09. The predicted molar refractivity (Wildman–Crippen MR) is 70.2 cm³/mol. The van der Waals surface area contributed by atoms with Crippen molar-refractivity contribution in [2.24, 2.45) is 0 Å². The molecule has 0 spiro atoms. The number of unbranched alkanes of at least 4 members (excludes halogenated alkanes) is 1. The molecular weight excluding hydrogens is 220 g/mol. The third-order valence-corrected chi connectivity index (χ3v) is 2.96. The Kier molecular flexibility index (Phi) is 6.33. The standard InChI is InChI=1S/C11H22N4S/c1-4-7-10-13-11(16-14-10)12-8-5-6-9-15(2)3/h4-9H2,1-3H3,(H,12,13,14). The zero-order chi connectivity index (χ0) is 11.8. The Bertz CT molecular complexity index is 285. The van der Waals surface area contributed by atoms with Crippen molar-refractivity contribution in [1.29, 1.82) is 0 Å². The van der Waals surface area contributed by atoms with Crippen LogP contribution in [0.4, 0.5) is 5.13 Å². The lowest BCUT2D eigenvalue weighted by Crippen LogP contribution is -2.14. The Labute approximate surface area is 102 Å². The Morgan fingerprint density at radius 3 is 2.81 bits per heavy atom. The normalized spacial score (nSPS) is 11.0. The first-order valence-corrected chi connectivity index (χ1v) is 6.71. The van der Waals surface area contributed by atoms with Crippen LogP contribution in [0.5, 0.6) is 0 Å². The maximum Gasteiger partial charge on any atom is 0.202 e. The summed E-state index contributed by atoms with van der Waals surface area (Å²) in [7, 11) is 4.21. The lowest BCUT2D eigenvalue weighted by atomic mass is 10.3. The molecule has 92 valence electrons. The summed E-state index contributed by atoms with van der Waals surface area (Å²) in [5, 5.41) is 4.29. The minimum Gasteiger partial charge on any atom is -0.360 e. The van der Waals surface area contributed by atoms with Crippen molar-refractivity contribution < 1.29 is 0 Å². The monoisotopic (exact) mass is 242 g/mol. The van der Waals surface area contributed by atoms with Gasteiger partial charge in [0, 0.05) is 24.5 Å². The van der Waals surface area contributed by atoms with Crippen LogP contribution >= 0.6 is 11.5 Å². The molecule has 1 aromatic heterocycles. The Balaban J connectivity index is 2.12. The summed E-state index contributed by atoms with van der Waals surface area (Å²) in [5.41, 5.74) is 0. The minimum atomic E-state index is 0.966. The van der Waals surface area contributed by atoms with E-state index in [2.05, 4.69) is 40.6 Å². The Hall–Kier alpha value is -0.680. The SMILES string of the molecule is CCCc1nsc(NCCCCN(C)C)n1. The van der Waals surface area contributed by atoms with Gasteiger partial charge in [0.05, 0.1) is 0 Å². The fourth-order valence-electron chi connectivity index (χ4n) is 1.40. The quantitative estimate of drug-likeness (QED) is 0.710. The van der Waals surface area contributed by atoms with Crippen LogP contribution in [-0.4, -0.2) is 41.4 Å². The van der Waals surface area contributed by atoms with Crippen LogP contribution in [0.2, 0.25) is 0 Å². The molecule has 5 heteroatoms. The van der Waals surface area contributed by atoms with Gasteiger partial charge in [-0.1, -0.05) is 6.92 Å². The zero-order valence-electron chi connectivity index (χ0n) is 10.5. The van der Waals surface area contributed by atoms with E-state index in [4.69, 9.17) is 0 Å². The fourth-order valence-corrected chi connectivity index (χ4v) is 2.04. The summed E-state index contributed by atoms with van der Waals surface area (Å²) in [6, 6.07) is 0. The first-order valence-electron chi connectivity index (χ1n) is 5.93. The van der Waals surface area contributed by atoms with Crippen molar-refractivity contribution in [3.63, 3.8) is 0 Å². The smallest absolute Gasteiger partial charge is 0.202 e. The van der Waals surface area contributed by atoms with Gasteiger partial charge < -0.3 is 10.2 Å². The Morgan fingerprint density at radius 2 is 2.12 bits per heavy atom. The molecule has 0 fully saturated rings. The van der Waals surface area contributed by atoms with E-state index in [9.17, 15) is 0 Å². The molecule has 1 heterocycles. The van der Waals surface area contributed by atoms with Crippen molar-refractivity contribution in [2.75, 3.05) is 32.5 Å². The summed E-state index contributed by atoms with van der Waals surface area (Å²) < 4.78 is 4.29. The molecule has 1 rings (SSSR count). The number of hydrogen-bond acceptors (Lipinski definition) is 5. The van der Waals surface area contributed by atoms with Gasteiger partial charge in [-0.2, -0.15) is 4.37 Å². The van der Waals surface area contributed by atoms with E-state index in [-0.39, 0.29) is 0 Å². The van der Waals surface area contributed by atoms with Gasteiger partial charge >= 0.3 is 0 Å². The van der Waals surface area contributed by atoms with Crippen molar-refractivity contribution >= 4 is 16.7 Å². The van der Waals surface area contributed by atoms with Gasteiger partial charge in [0.25, 0.3) is 0 Å². The first-order chi connectivity index (χ1) is 7.72. The third-order valence-electron chi connectivity index (χ3n) is 2.25. The molecule has 0 aliphatic rings. The summed E-state index contributed by atoms with van der Waals surface area (Å²) in [6.07, 6.45) is 4.50. The first kappa shape index (κ1) is 13.4. The maximum atomic E-state index is 4.42. The van der Waals surface area contributed by atoms with Crippen LogP contribution in [0.15, 0.2) is 0 Å². The molecule has 1 aromatic rings. The molecule has 4 nitrogen and oxygen atoms in total. The van der Waals surface area contributed by atoms with E-state index in [1.807, 2.05) is 0 Å². The molecule has 16 heavy (non-hydrogen) atoms. The van der Waals surface area contributed by atoms with Crippen LogP contribution in [0.1, 0.15) is 32.0 Å². The zero-order valence-corrected chi connectivity index (χ0v) is 11.3. The van der Waals surface area contributed by atoms with E-state index >= 15 is 0 Å². The number of nitrogens with one attached hydrogen (secondary N) is 1. The predicted octanol–water partition coefficient (Wildman–Crippen LogP) is 2.24. The molecule has 0 aromatic carbocycles. The molecule has 0 saturated heterocycles. The summed E-state index contributed by atoms with van der Waals surface area (Å²) in [5.74, 6) is 0.975. The molecular formula is C11H22N4S. The van der Waals surface area contributed by atoms with Crippen molar-refractivity contribution in [3.05, 3.63) is 5.82 Å². The minimum absolute atomic E-state index is 0.966. The molecule has 0 unspecified atom stereocenters. The number of anilines is 1. The lowest BCUT2D eigenvalue weighted by Gasteiger charge is -2.08. The van der Waals surface area contributed by atoms with E-state index < -0.39 is 0 Å². The third kappa shape index (κ3) is 5.42. The molecule has 1 N–H and O–H groups in total. The number of nitrogens with zero attached hydrogens (tertiary/aromatic N) is 3. The van der Waals surface area contributed by atoms with Gasteiger partial charge in [0.2, 0.25) is 5.13 Å². The van der Waals surface area contributed by atoms with Gasteiger partial charge in [0.1, 0.15) is 5.82 Å². The largest absolute Gasteiger partial charge is 0.360 e. The second kappa shape index (κ2) is 7.57. The highest BCUT2D eigenvalue weighted by Gasteiger charge is 2.01. The molecule has 0 radical (unpaired) electrons. The Morgan fingerprint density at radius 1 is 1.31 bits per heavy atom. The average molecular weight is 242 g/mol. The molecule has 0 bridgehead atoms. The topological polar surface area (TPSA) is 41.1 Å². The van der Waals surface area contributed by atoms with Crippen LogP contribution in [0.25, 0.3) is 0 Å². The lowest BCUT2D eigenvalue weighted by molar-refractivity contribution is 0.396. The number of aryl methyl sites for hydroxylation is 1.